The zero-order chi connectivity index (χ0) is 28.1. The minimum atomic E-state index is -0.933. The molecule has 0 spiro atoms. The van der Waals surface area contributed by atoms with Gasteiger partial charge >= 0.3 is 6.09 Å². The van der Waals surface area contributed by atoms with Gasteiger partial charge in [0, 0.05) is 13.1 Å². The molecule has 3 amide bonds. The van der Waals surface area contributed by atoms with E-state index in [0.717, 1.165) is 37.7 Å². The number of carbonyl (C=O) groups is 3. The standard InChI is InChI=1S/C30H43N3O5/c1-6-7-8-9-13-18-33(26(35)21-32-29(37)38-30(3,4)5)27(24-16-17-25(34)22(2)19-24)28(36)31-20-23-14-11-10-12-15-23/h10-12,14-17,19,27,34H,6-9,13,18,20-21H2,1-5H3,(H,31,36)(H,32,37). The van der Waals surface area contributed by atoms with E-state index < -0.39 is 23.6 Å². The van der Waals surface area contributed by atoms with Gasteiger partial charge in [-0.2, -0.15) is 0 Å². The fourth-order valence-electron chi connectivity index (χ4n) is 4.05. The number of rotatable bonds is 13. The van der Waals surface area contributed by atoms with Gasteiger partial charge in [-0.1, -0.05) is 69.0 Å². The molecule has 38 heavy (non-hydrogen) atoms. The summed E-state index contributed by atoms with van der Waals surface area (Å²) in [5.41, 5.74) is 1.43. The predicted octanol–water partition coefficient (Wildman–Crippen LogP) is 5.38. The summed E-state index contributed by atoms with van der Waals surface area (Å²) in [6.07, 6.45) is 4.19. The molecule has 208 valence electrons. The highest BCUT2D eigenvalue weighted by Gasteiger charge is 2.32. The van der Waals surface area contributed by atoms with E-state index in [9.17, 15) is 19.5 Å². The summed E-state index contributed by atoms with van der Waals surface area (Å²) < 4.78 is 5.27. The number of hydrogen-bond donors (Lipinski definition) is 3. The largest absolute Gasteiger partial charge is 0.508 e. The van der Waals surface area contributed by atoms with Crippen molar-refractivity contribution in [3.63, 3.8) is 0 Å². The lowest BCUT2D eigenvalue weighted by atomic mass is 10.00. The lowest BCUT2D eigenvalue weighted by molar-refractivity contribution is -0.140. The molecule has 0 saturated carbocycles. The van der Waals surface area contributed by atoms with Crippen molar-refractivity contribution >= 4 is 17.9 Å². The number of unbranched alkanes of at least 4 members (excludes halogenated alkanes) is 4. The first kappa shape index (κ1) is 30.7. The number of phenols is 1. The molecule has 1 unspecified atom stereocenters. The first-order valence-electron chi connectivity index (χ1n) is 13.4. The maximum Gasteiger partial charge on any atom is 0.408 e. The summed E-state index contributed by atoms with van der Waals surface area (Å²) in [5, 5.41) is 15.6. The third-order valence-corrected chi connectivity index (χ3v) is 6.01. The average molecular weight is 526 g/mol. The summed E-state index contributed by atoms with van der Waals surface area (Å²) in [7, 11) is 0. The van der Waals surface area contributed by atoms with E-state index in [0.29, 0.717) is 24.2 Å². The Morgan fingerprint density at radius 1 is 0.974 bits per heavy atom. The maximum absolute atomic E-state index is 13.6. The number of nitrogens with zero attached hydrogens (tertiary/aromatic N) is 1. The monoisotopic (exact) mass is 525 g/mol. The van der Waals surface area contributed by atoms with Gasteiger partial charge in [-0.3, -0.25) is 9.59 Å². The molecule has 0 aliphatic rings. The summed E-state index contributed by atoms with van der Waals surface area (Å²) in [6.45, 7) is 9.48. The Kier molecular flexibility index (Phi) is 12.1. The topological polar surface area (TPSA) is 108 Å². The summed E-state index contributed by atoms with van der Waals surface area (Å²) >= 11 is 0. The fourth-order valence-corrected chi connectivity index (χ4v) is 4.05. The average Bonchev–Trinajstić information content (AvgIpc) is 2.86. The van der Waals surface area contributed by atoms with Gasteiger partial charge in [0.05, 0.1) is 0 Å². The Hall–Kier alpha value is -3.55. The van der Waals surface area contributed by atoms with Gasteiger partial charge in [0.2, 0.25) is 11.8 Å². The molecule has 0 heterocycles. The first-order valence-corrected chi connectivity index (χ1v) is 13.4. The zero-order valence-corrected chi connectivity index (χ0v) is 23.4. The molecular formula is C30H43N3O5. The van der Waals surface area contributed by atoms with E-state index in [1.165, 1.54) is 11.0 Å². The Bertz CT molecular complexity index is 1050. The Morgan fingerprint density at radius 2 is 1.66 bits per heavy atom. The highest BCUT2D eigenvalue weighted by Crippen LogP contribution is 2.27. The molecule has 1 atom stereocenters. The number of phenolic OH excluding ortho intramolecular Hbond substituents is 1. The molecule has 0 saturated heterocycles. The summed E-state index contributed by atoms with van der Waals surface area (Å²) in [4.78, 5) is 40.9. The Labute approximate surface area is 226 Å². The van der Waals surface area contributed by atoms with E-state index in [4.69, 9.17) is 4.74 Å². The normalized spacial score (nSPS) is 11.9. The highest BCUT2D eigenvalue weighted by atomic mass is 16.6. The van der Waals surface area contributed by atoms with Crippen LogP contribution in [-0.4, -0.2) is 46.6 Å². The lowest BCUT2D eigenvalue weighted by Crippen LogP contribution is -2.48. The van der Waals surface area contributed by atoms with Gasteiger partial charge in [-0.25, -0.2) is 4.79 Å². The summed E-state index contributed by atoms with van der Waals surface area (Å²) in [5.74, 6) is -0.615. The predicted molar refractivity (Wildman–Crippen MR) is 149 cm³/mol. The van der Waals surface area contributed by atoms with E-state index in [1.54, 1.807) is 39.8 Å². The number of nitrogens with one attached hydrogen (secondary N) is 2. The Morgan fingerprint density at radius 3 is 2.29 bits per heavy atom. The van der Waals surface area contributed by atoms with Crippen molar-refractivity contribution in [2.75, 3.05) is 13.1 Å². The van der Waals surface area contributed by atoms with Crippen molar-refractivity contribution in [2.45, 2.75) is 84.9 Å². The molecule has 0 bridgehead atoms. The molecule has 0 aliphatic heterocycles. The second-order valence-corrected chi connectivity index (χ2v) is 10.5. The molecule has 2 rings (SSSR count). The second-order valence-electron chi connectivity index (χ2n) is 10.5. The molecule has 8 heteroatoms. The van der Waals surface area contributed by atoms with Crippen LogP contribution >= 0.6 is 0 Å². The van der Waals surface area contributed by atoms with Crippen LogP contribution in [-0.2, 0) is 20.9 Å². The maximum atomic E-state index is 13.6. The van der Waals surface area contributed by atoms with Crippen LogP contribution in [0.2, 0.25) is 0 Å². The van der Waals surface area contributed by atoms with Crippen molar-refractivity contribution in [3.8, 4) is 5.75 Å². The summed E-state index contributed by atoms with van der Waals surface area (Å²) in [6, 6.07) is 13.5. The third-order valence-electron chi connectivity index (χ3n) is 6.01. The molecule has 2 aromatic carbocycles. The van der Waals surface area contributed by atoms with Gasteiger partial charge < -0.3 is 25.4 Å². The second kappa shape index (κ2) is 15.0. The van der Waals surface area contributed by atoms with Crippen LogP contribution in [0.5, 0.6) is 5.75 Å². The molecule has 2 aromatic rings. The number of carbonyl (C=O) groups excluding carboxylic acids is 3. The smallest absolute Gasteiger partial charge is 0.408 e. The Balaban J connectivity index is 2.32. The fraction of sp³-hybridized carbons (Fsp3) is 0.500. The van der Waals surface area contributed by atoms with Crippen LogP contribution in [0.25, 0.3) is 0 Å². The third kappa shape index (κ3) is 10.4. The number of aromatic hydroxyl groups is 1. The minimum Gasteiger partial charge on any atom is -0.508 e. The van der Waals surface area contributed by atoms with Gasteiger partial charge in [-0.15, -0.1) is 0 Å². The number of hydrogen-bond acceptors (Lipinski definition) is 5. The van der Waals surface area contributed by atoms with E-state index in [1.807, 2.05) is 30.3 Å². The number of benzene rings is 2. The van der Waals surface area contributed by atoms with Crippen LogP contribution in [0.15, 0.2) is 48.5 Å². The SMILES string of the molecule is CCCCCCCN(C(=O)CNC(=O)OC(C)(C)C)C(C(=O)NCc1ccccc1)c1ccc(O)c(C)c1. The molecular weight excluding hydrogens is 482 g/mol. The van der Waals surface area contributed by atoms with Crippen molar-refractivity contribution in [1.82, 2.24) is 15.5 Å². The van der Waals surface area contributed by atoms with Crippen molar-refractivity contribution < 1.29 is 24.2 Å². The quantitative estimate of drug-likeness (QED) is 0.304. The van der Waals surface area contributed by atoms with Crippen LogP contribution in [0.4, 0.5) is 4.79 Å². The van der Waals surface area contributed by atoms with Crippen molar-refractivity contribution in [2.24, 2.45) is 0 Å². The van der Waals surface area contributed by atoms with Gasteiger partial charge in [0.25, 0.3) is 0 Å². The van der Waals surface area contributed by atoms with E-state index in [-0.39, 0.29) is 18.2 Å². The van der Waals surface area contributed by atoms with Gasteiger partial charge in [-0.05, 0) is 62.9 Å². The molecule has 8 nitrogen and oxygen atoms in total. The molecule has 0 fully saturated rings. The van der Waals surface area contributed by atoms with E-state index in [2.05, 4.69) is 17.6 Å². The molecule has 3 N–H and O–H groups in total. The van der Waals surface area contributed by atoms with Crippen LogP contribution in [0.3, 0.4) is 0 Å². The number of alkyl carbamates (subject to hydrolysis) is 1. The van der Waals surface area contributed by atoms with Crippen LogP contribution in [0.1, 0.15) is 82.5 Å². The number of aryl methyl sites for hydroxylation is 1. The first-order chi connectivity index (χ1) is 18.0. The number of ether oxygens (including phenoxy) is 1. The van der Waals surface area contributed by atoms with Gasteiger partial charge in [0.15, 0.2) is 0 Å². The lowest BCUT2D eigenvalue weighted by Gasteiger charge is -2.32. The highest BCUT2D eigenvalue weighted by molar-refractivity contribution is 5.90. The molecule has 0 aliphatic carbocycles. The van der Waals surface area contributed by atoms with Crippen molar-refractivity contribution in [3.05, 3.63) is 65.2 Å². The molecule has 0 aromatic heterocycles. The number of amides is 3. The van der Waals surface area contributed by atoms with Crippen molar-refractivity contribution in [1.29, 1.82) is 0 Å². The molecule has 0 radical (unpaired) electrons. The zero-order valence-electron chi connectivity index (χ0n) is 23.4. The van der Waals surface area contributed by atoms with Crippen LogP contribution < -0.4 is 10.6 Å². The van der Waals surface area contributed by atoms with Gasteiger partial charge in [0.1, 0.15) is 23.9 Å². The minimum absolute atomic E-state index is 0.112. The van der Waals surface area contributed by atoms with E-state index >= 15 is 0 Å². The van der Waals surface area contributed by atoms with Crippen LogP contribution in [0, 0.1) is 6.92 Å².